The van der Waals surface area contributed by atoms with Crippen molar-refractivity contribution in [1.82, 2.24) is 4.90 Å². The predicted octanol–water partition coefficient (Wildman–Crippen LogP) is 4.51. The van der Waals surface area contributed by atoms with Crippen LogP contribution in [-0.4, -0.2) is 11.4 Å². The molecule has 1 aromatic heterocycles. The Labute approximate surface area is 129 Å². The molecule has 2 N–H and O–H groups in total. The van der Waals surface area contributed by atoms with Gasteiger partial charge in [0.1, 0.15) is 0 Å². The minimum atomic E-state index is 0.838. The molecule has 108 valence electrons. The zero-order valence-corrected chi connectivity index (χ0v) is 13.1. The molecule has 0 bridgehead atoms. The van der Waals surface area contributed by atoms with E-state index in [-0.39, 0.29) is 0 Å². The lowest BCUT2D eigenvalue weighted by atomic mass is 10.1. The Kier molecular flexibility index (Phi) is 4.23. The number of benzene rings is 2. The SMILES string of the molecule is CCN(Cc1cccc(N)c1)Cc1csc2ccccc12. The number of hydrogen-bond donors (Lipinski definition) is 1. The second-order valence-electron chi connectivity index (χ2n) is 5.31. The average Bonchev–Trinajstić information content (AvgIpc) is 2.90. The number of hydrogen-bond acceptors (Lipinski definition) is 3. The van der Waals surface area contributed by atoms with E-state index in [0.717, 1.165) is 25.3 Å². The molecule has 0 fully saturated rings. The summed E-state index contributed by atoms with van der Waals surface area (Å²) < 4.78 is 1.37. The van der Waals surface area contributed by atoms with Crippen LogP contribution in [0.3, 0.4) is 0 Å². The average molecular weight is 296 g/mol. The Morgan fingerprint density at radius 3 is 2.71 bits per heavy atom. The van der Waals surface area contributed by atoms with Gasteiger partial charge in [-0.2, -0.15) is 0 Å². The van der Waals surface area contributed by atoms with Crippen LogP contribution in [0, 0.1) is 0 Å². The van der Waals surface area contributed by atoms with Crippen molar-refractivity contribution in [3.63, 3.8) is 0 Å². The smallest absolute Gasteiger partial charge is 0.0346 e. The zero-order chi connectivity index (χ0) is 14.7. The van der Waals surface area contributed by atoms with Crippen LogP contribution in [0.2, 0.25) is 0 Å². The Morgan fingerprint density at radius 1 is 1.05 bits per heavy atom. The summed E-state index contributed by atoms with van der Waals surface area (Å²) in [6.07, 6.45) is 0. The highest BCUT2D eigenvalue weighted by atomic mass is 32.1. The second-order valence-corrected chi connectivity index (χ2v) is 6.22. The van der Waals surface area contributed by atoms with E-state index in [0.29, 0.717) is 0 Å². The molecule has 0 saturated heterocycles. The van der Waals surface area contributed by atoms with E-state index in [4.69, 9.17) is 5.73 Å². The summed E-state index contributed by atoms with van der Waals surface area (Å²) in [6, 6.07) is 16.8. The highest BCUT2D eigenvalue weighted by Crippen LogP contribution is 2.27. The fraction of sp³-hybridized carbons (Fsp3) is 0.222. The van der Waals surface area contributed by atoms with Crippen molar-refractivity contribution in [2.75, 3.05) is 12.3 Å². The van der Waals surface area contributed by atoms with Crippen LogP contribution in [0.15, 0.2) is 53.9 Å². The first-order chi connectivity index (χ1) is 10.3. The second kappa shape index (κ2) is 6.29. The van der Waals surface area contributed by atoms with Gasteiger partial charge in [-0.3, -0.25) is 4.90 Å². The third-order valence-corrected chi connectivity index (χ3v) is 4.77. The number of nitrogens with zero attached hydrogens (tertiary/aromatic N) is 1. The van der Waals surface area contributed by atoms with Gasteiger partial charge in [-0.15, -0.1) is 11.3 Å². The normalized spacial score (nSPS) is 11.3. The number of anilines is 1. The highest BCUT2D eigenvalue weighted by Gasteiger charge is 2.09. The van der Waals surface area contributed by atoms with Gasteiger partial charge in [-0.05, 0) is 46.6 Å². The fourth-order valence-electron chi connectivity index (χ4n) is 2.63. The molecule has 0 radical (unpaired) electrons. The lowest BCUT2D eigenvalue weighted by Crippen LogP contribution is -2.22. The van der Waals surface area contributed by atoms with Crippen LogP contribution in [0.4, 0.5) is 5.69 Å². The Morgan fingerprint density at radius 2 is 1.90 bits per heavy atom. The quantitative estimate of drug-likeness (QED) is 0.702. The lowest BCUT2D eigenvalue weighted by Gasteiger charge is -2.20. The lowest BCUT2D eigenvalue weighted by molar-refractivity contribution is 0.273. The maximum atomic E-state index is 5.87. The molecule has 0 saturated carbocycles. The van der Waals surface area contributed by atoms with Crippen LogP contribution in [-0.2, 0) is 13.1 Å². The van der Waals surface area contributed by atoms with Gasteiger partial charge in [0, 0.05) is 23.5 Å². The van der Waals surface area contributed by atoms with Crippen LogP contribution in [0.5, 0.6) is 0 Å². The van der Waals surface area contributed by atoms with Crippen LogP contribution < -0.4 is 5.73 Å². The van der Waals surface area contributed by atoms with E-state index in [1.165, 1.54) is 21.2 Å². The number of thiophene rings is 1. The van der Waals surface area contributed by atoms with Crippen LogP contribution >= 0.6 is 11.3 Å². The van der Waals surface area contributed by atoms with E-state index in [2.05, 4.69) is 53.6 Å². The first kappa shape index (κ1) is 14.1. The maximum absolute atomic E-state index is 5.87. The molecular formula is C18H20N2S. The highest BCUT2D eigenvalue weighted by molar-refractivity contribution is 7.17. The first-order valence-electron chi connectivity index (χ1n) is 7.28. The summed E-state index contributed by atoms with van der Waals surface area (Å²) >= 11 is 1.83. The van der Waals surface area contributed by atoms with E-state index in [1.54, 1.807) is 0 Å². The van der Waals surface area contributed by atoms with Gasteiger partial charge in [-0.25, -0.2) is 0 Å². The van der Waals surface area contributed by atoms with E-state index < -0.39 is 0 Å². The molecule has 0 unspecified atom stereocenters. The van der Waals surface area contributed by atoms with Gasteiger partial charge in [0.25, 0.3) is 0 Å². The molecule has 3 rings (SSSR count). The van der Waals surface area contributed by atoms with Crippen molar-refractivity contribution >= 4 is 27.1 Å². The monoisotopic (exact) mass is 296 g/mol. The van der Waals surface area contributed by atoms with Gasteiger partial charge < -0.3 is 5.73 Å². The molecule has 3 aromatic rings. The maximum Gasteiger partial charge on any atom is 0.0346 e. The van der Waals surface area contributed by atoms with Gasteiger partial charge in [-0.1, -0.05) is 37.3 Å². The molecule has 0 spiro atoms. The van der Waals surface area contributed by atoms with Gasteiger partial charge in [0.15, 0.2) is 0 Å². The fourth-order valence-corrected chi connectivity index (χ4v) is 3.58. The number of rotatable bonds is 5. The molecule has 0 aliphatic heterocycles. The molecule has 2 nitrogen and oxygen atoms in total. The summed E-state index contributed by atoms with van der Waals surface area (Å²) in [6.45, 7) is 5.15. The largest absolute Gasteiger partial charge is 0.399 e. The van der Waals surface area contributed by atoms with Crippen molar-refractivity contribution in [3.05, 3.63) is 65.0 Å². The van der Waals surface area contributed by atoms with Crippen molar-refractivity contribution < 1.29 is 0 Å². The summed E-state index contributed by atoms with van der Waals surface area (Å²) in [5.74, 6) is 0. The zero-order valence-electron chi connectivity index (χ0n) is 12.3. The number of nitrogen functional groups attached to an aromatic ring is 1. The van der Waals surface area contributed by atoms with Crippen LogP contribution in [0.25, 0.3) is 10.1 Å². The molecular weight excluding hydrogens is 276 g/mol. The minimum absolute atomic E-state index is 0.838. The van der Waals surface area contributed by atoms with Crippen molar-refractivity contribution in [2.45, 2.75) is 20.0 Å². The topological polar surface area (TPSA) is 29.3 Å². The summed E-state index contributed by atoms with van der Waals surface area (Å²) in [7, 11) is 0. The summed E-state index contributed by atoms with van der Waals surface area (Å²) in [5, 5.41) is 3.67. The summed E-state index contributed by atoms with van der Waals surface area (Å²) in [4.78, 5) is 2.45. The van der Waals surface area contributed by atoms with Gasteiger partial charge in [0.2, 0.25) is 0 Å². The van der Waals surface area contributed by atoms with Crippen molar-refractivity contribution in [2.24, 2.45) is 0 Å². The van der Waals surface area contributed by atoms with Crippen LogP contribution in [0.1, 0.15) is 18.1 Å². The Bertz CT molecular complexity index is 733. The number of fused-ring (bicyclic) bond motifs is 1. The third kappa shape index (κ3) is 3.26. The molecule has 2 aromatic carbocycles. The molecule has 3 heteroatoms. The van der Waals surface area contributed by atoms with Crippen molar-refractivity contribution in [3.8, 4) is 0 Å². The standard InChI is InChI=1S/C18H20N2S/c1-2-20(11-14-6-5-7-16(19)10-14)12-15-13-21-18-9-4-3-8-17(15)18/h3-10,13H,2,11-12,19H2,1H3. The Hall–Kier alpha value is -1.84. The summed E-state index contributed by atoms with van der Waals surface area (Å²) in [5.41, 5.74) is 9.40. The molecule has 0 atom stereocenters. The first-order valence-corrected chi connectivity index (χ1v) is 8.16. The van der Waals surface area contributed by atoms with Gasteiger partial charge >= 0.3 is 0 Å². The van der Waals surface area contributed by atoms with E-state index >= 15 is 0 Å². The Balaban J connectivity index is 1.78. The minimum Gasteiger partial charge on any atom is -0.399 e. The molecule has 1 heterocycles. The van der Waals surface area contributed by atoms with E-state index in [9.17, 15) is 0 Å². The molecule has 0 amide bonds. The van der Waals surface area contributed by atoms with Crippen molar-refractivity contribution in [1.29, 1.82) is 0 Å². The van der Waals surface area contributed by atoms with Gasteiger partial charge in [0.05, 0.1) is 0 Å². The number of nitrogens with two attached hydrogens (primary N) is 1. The molecule has 21 heavy (non-hydrogen) atoms. The molecule has 0 aliphatic rings. The third-order valence-electron chi connectivity index (χ3n) is 3.76. The van der Waals surface area contributed by atoms with E-state index in [1.807, 2.05) is 23.5 Å². The molecule has 0 aliphatic carbocycles. The predicted molar refractivity (Wildman–Crippen MR) is 92.5 cm³/mol.